The lowest BCUT2D eigenvalue weighted by molar-refractivity contribution is 0.207. The summed E-state index contributed by atoms with van der Waals surface area (Å²) >= 11 is 0. The highest BCUT2D eigenvalue weighted by atomic mass is 16.5. The topological polar surface area (TPSA) is 58.3 Å². The van der Waals surface area contributed by atoms with Crippen LogP contribution in [0.25, 0.3) is 0 Å². The van der Waals surface area contributed by atoms with Gasteiger partial charge in [-0.05, 0) is 26.7 Å². The summed E-state index contributed by atoms with van der Waals surface area (Å²) in [4.78, 5) is 0. The highest BCUT2D eigenvalue weighted by Crippen LogP contribution is 2.12. The molecule has 0 radical (unpaired) electrons. The molecule has 4 heteroatoms. The minimum atomic E-state index is 0.204. The molecular formula is C11H20N2O2. The van der Waals surface area contributed by atoms with Crippen LogP contribution in [0.5, 0.6) is 0 Å². The molecule has 0 saturated heterocycles. The predicted octanol–water partition coefficient (Wildman–Crippen LogP) is 1.40. The second-order valence-corrected chi connectivity index (χ2v) is 4.13. The van der Waals surface area contributed by atoms with E-state index in [0.717, 1.165) is 23.6 Å². The average molecular weight is 212 g/mol. The highest BCUT2D eigenvalue weighted by Gasteiger charge is 2.13. The lowest BCUT2D eigenvalue weighted by Gasteiger charge is -2.19. The van der Waals surface area contributed by atoms with Gasteiger partial charge in [-0.3, -0.25) is 0 Å². The van der Waals surface area contributed by atoms with Gasteiger partial charge < -0.3 is 14.9 Å². The van der Waals surface area contributed by atoms with Crippen LogP contribution in [0.1, 0.15) is 30.9 Å². The number of aromatic nitrogens is 1. The third-order valence-electron chi connectivity index (χ3n) is 2.92. The van der Waals surface area contributed by atoms with Crippen LogP contribution in [0.3, 0.4) is 0 Å². The number of hydrogen-bond acceptors (Lipinski definition) is 4. The van der Waals surface area contributed by atoms with Crippen LogP contribution in [0, 0.1) is 19.8 Å². The zero-order valence-electron chi connectivity index (χ0n) is 9.87. The van der Waals surface area contributed by atoms with Crippen LogP contribution in [-0.2, 0) is 6.54 Å². The van der Waals surface area contributed by atoms with Gasteiger partial charge in [0.1, 0.15) is 5.76 Å². The molecule has 4 nitrogen and oxygen atoms in total. The minimum absolute atomic E-state index is 0.204. The van der Waals surface area contributed by atoms with E-state index in [9.17, 15) is 0 Å². The normalized spacial score (nSPS) is 15.3. The molecule has 2 atom stereocenters. The fourth-order valence-corrected chi connectivity index (χ4v) is 1.38. The molecule has 0 amide bonds. The number of aliphatic hydroxyl groups is 1. The number of nitrogens with zero attached hydrogens (tertiary/aromatic N) is 1. The van der Waals surface area contributed by atoms with Gasteiger partial charge >= 0.3 is 0 Å². The molecule has 15 heavy (non-hydrogen) atoms. The van der Waals surface area contributed by atoms with Gasteiger partial charge in [0.2, 0.25) is 0 Å². The third-order valence-corrected chi connectivity index (χ3v) is 2.92. The summed E-state index contributed by atoms with van der Waals surface area (Å²) in [6, 6.07) is 0.281. The molecule has 1 aromatic heterocycles. The summed E-state index contributed by atoms with van der Waals surface area (Å²) in [7, 11) is 0. The first kappa shape index (κ1) is 12.2. The van der Waals surface area contributed by atoms with Crippen molar-refractivity contribution in [2.24, 2.45) is 5.92 Å². The molecule has 1 heterocycles. The zero-order valence-corrected chi connectivity index (χ0v) is 9.87. The third kappa shape index (κ3) is 3.04. The summed E-state index contributed by atoms with van der Waals surface area (Å²) in [5.41, 5.74) is 2.05. The molecule has 2 N–H and O–H groups in total. The number of aliphatic hydroxyl groups excluding tert-OH is 1. The standard InChI is InChI=1S/C11H20N2O2/c1-7(6-14)8(2)12-5-11-9(3)13-15-10(11)4/h7-8,12,14H,5-6H2,1-4H3. The van der Waals surface area contributed by atoms with E-state index in [1.54, 1.807) is 0 Å². The molecule has 0 aliphatic carbocycles. The van der Waals surface area contributed by atoms with E-state index in [4.69, 9.17) is 9.63 Å². The average Bonchev–Trinajstić information content (AvgIpc) is 2.54. The van der Waals surface area contributed by atoms with Gasteiger partial charge in [0.25, 0.3) is 0 Å². The Labute approximate surface area is 90.7 Å². The molecule has 2 unspecified atom stereocenters. The molecular weight excluding hydrogens is 192 g/mol. The Kier molecular flexibility index (Phi) is 4.29. The summed E-state index contributed by atoms with van der Waals surface area (Å²) in [6.45, 7) is 8.89. The van der Waals surface area contributed by atoms with Crippen LogP contribution in [0.2, 0.25) is 0 Å². The van der Waals surface area contributed by atoms with Crippen molar-refractivity contribution in [3.8, 4) is 0 Å². The van der Waals surface area contributed by atoms with Gasteiger partial charge in [0, 0.05) is 24.8 Å². The van der Waals surface area contributed by atoms with Crippen molar-refractivity contribution in [1.82, 2.24) is 10.5 Å². The zero-order chi connectivity index (χ0) is 11.4. The summed E-state index contributed by atoms with van der Waals surface area (Å²) in [5, 5.41) is 16.3. The molecule has 86 valence electrons. The van der Waals surface area contributed by atoms with E-state index in [1.165, 1.54) is 0 Å². The van der Waals surface area contributed by atoms with Gasteiger partial charge in [-0.2, -0.15) is 0 Å². The van der Waals surface area contributed by atoms with Gasteiger partial charge in [0.15, 0.2) is 0 Å². The SMILES string of the molecule is Cc1noc(C)c1CNC(C)C(C)CO. The van der Waals surface area contributed by atoms with E-state index in [2.05, 4.69) is 17.4 Å². The first-order valence-corrected chi connectivity index (χ1v) is 5.32. The summed E-state index contributed by atoms with van der Waals surface area (Å²) < 4.78 is 5.07. The van der Waals surface area contributed by atoms with Crippen LogP contribution in [0.4, 0.5) is 0 Å². The molecule has 0 aromatic carbocycles. The Morgan fingerprint density at radius 1 is 1.40 bits per heavy atom. The van der Waals surface area contributed by atoms with E-state index >= 15 is 0 Å². The Balaban J connectivity index is 2.50. The number of nitrogens with one attached hydrogen (secondary N) is 1. The second kappa shape index (κ2) is 5.28. The van der Waals surface area contributed by atoms with E-state index < -0.39 is 0 Å². The van der Waals surface area contributed by atoms with Crippen molar-refractivity contribution in [3.63, 3.8) is 0 Å². The van der Waals surface area contributed by atoms with E-state index in [-0.39, 0.29) is 18.6 Å². The van der Waals surface area contributed by atoms with Crippen molar-refractivity contribution in [2.75, 3.05) is 6.61 Å². The monoisotopic (exact) mass is 212 g/mol. The maximum absolute atomic E-state index is 9.00. The molecule has 0 spiro atoms. The van der Waals surface area contributed by atoms with Crippen molar-refractivity contribution in [2.45, 2.75) is 40.3 Å². The molecule has 0 fully saturated rings. The highest BCUT2D eigenvalue weighted by molar-refractivity contribution is 5.20. The van der Waals surface area contributed by atoms with Gasteiger partial charge in [-0.25, -0.2) is 0 Å². The van der Waals surface area contributed by atoms with Gasteiger partial charge in [0.05, 0.1) is 5.69 Å². The Bertz CT molecular complexity index is 290. The number of rotatable bonds is 5. The van der Waals surface area contributed by atoms with Gasteiger partial charge in [-0.1, -0.05) is 12.1 Å². The summed E-state index contributed by atoms with van der Waals surface area (Å²) in [5.74, 6) is 1.12. The lowest BCUT2D eigenvalue weighted by Crippen LogP contribution is -2.33. The molecule has 1 aromatic rings. The molecule has 0 saturated carbocycles. The Morgan fingerprint density at radius 2 is 2.07 bits per heavy atom. The maximum atomic E-state index is 9.00. The first-order chi connectivity index (χ1) is 7.06. The molecule has 0 aliphatic heterocycles. The minimum Gasteiger partial charge on any atom is -0.396 e. The number of hydrogen-bond donors (Lipinski definition) is 2. The van der Waals surface area contributed by atoms with Crippen LogP contribution in [-0.4, -0.2) is 22.9 Å². The van der Waals surface area contributed by atoms with E-state index in [0.29, 0.717) is 0 Å². The summed E-state index contributed by atoms with van der Waals surface area (Å²) in [6.07, 6.45) is 0. The van der Waals surface area contributed by atoms with Crippen molar-refractivity contribution in [3.05, 3.63) is 17.0 Å². The smallest absolute Gasteiger partial charge is 0.138 e. The Morgan fingerprint density at radius 3 is 2.53 bits per heavy atom. The largest absolute Gasteiger partial charge is 0.396 e. The molecule has 0 bridgehead atoms. The fraction of sp³-hybridized carbons (Fsp3) is 0.727. The fourth-order valence-electron chi connectivity index (χ4n) is 1.38. The van der Waals surface area contributed by atoms with Crippen LogP contribution in [0.15, 0.2) is 4.52 Å². The van der Waals surface area contributed by atoms with Crippen molar-refractivity contribution < 1.29 is 9.63 Å². The molecule has 1 rings (SSSR count). The van der Waals surface area contributed by atoms with Crippen molar-refractivity contribution in [1.29, 1.82) is 0 Å². The van der Waals surface area contributed by atoms with E-state index in [1.807, 2.05) is 20.8 Å². The number of aryl methyl sites for hydroxylation is 2. The molecule has 0 aliphatic rings. The second-order valence-electron chi connectivity index (χ2n) is 4.13. The Hall–Kier alpha value is -0.870. The lowest BCUT2D eigenvalue weighted by atomic mass is 10.0. The maximum Gasteiger partial charge on any atom is 0.138 e. The van der Waals surface area contributed by atoms with Gasteiger partial charge in [-0.15, -0.1) is 0 Å². The quantitative estimate of drug-likeness (QED) is 0.774. The first-order valence-electron chi connectivity index (χ1n) is 5.32. The van der Waals surface area contributed by atoms with Crippen LogP contribution < -0.4 is 5.32 Å². The van der Waals surface area contributed by atoms with Crippen LogP contribution >= 0.6 is 0 Å². The van der Waals surface area contributed by atoms with Crippen molar-refractivity contribution >= 4 is 0 Å². The predicted molar refractivity (Wildman–Crippen MR) is 58.5 cm³/mol.